The first-order valence-electron chi connectivity index (χ1n) is 12.4. The van der Waals surface area contributed by atoms with Crippen LogP contribution in [0.3, 0.4) is 0 Å². The van der Waals surface area contributed by atoms with Crippen LogP contribution in [0.5, 0.6) is 5.75 Å². The van der Waals surface area contributed by atoms with E-state index in [0.717, 1.165) is 22.0 Å². The van der Waals surface area contributed by atoms with Crippen molar-refractivity contribution in [3.8, 4) is 5.75 Å². The van der Waals surface area contributed by atoms with E-state index in [1.165, 1.54) is 52.5 Å². The van der Waals surface area contributed by atoms with Gasteiger partial charge >= 0.3 is 0 Å². The molecule has 1 saturated heterocycles. The Bertz CT molecular complexity index is 1490. The average molecular weight is 590 g/mol. The molecule has 1 aliphatic heterocycles. The molecule has 1 aliphatic rings. The third-order valence-electron chi connectivity index (χ3n) is 6.21. The Balaban J connectivity index is 1.56. The number of anilines is 2. The highest BCUT2D eigenvalue weighted by Gasteiger charge is 2.29. The molecule has 0 aliphatic carbocycles. The zero-order valence-electron chi connectivity index (χ0n) is 21.7. The number of sulfonamides is 2. The summed E-state index contributed by atoms with van der Waals surface area (Å²) in [6, 6.07) is 18.8. The molecular formula is C27H31N3O6S3. The Kier molecular flexibility index (Phi) is 9.21. The summed E-state index contributed by atoms with van der Waals surface area (Å²) in [5.41, 5.74) is 0.656. The van der Waals surface area contributed by atoms with Crippen LogP contribution in [0.15, 0.2) is 87.5 Å². The number of amides is 1. The second kappa shape index (κ2) is 12.4. The molecule has 0 saturated carbocycles. The number of ether oxygens (including phenoxy) is 1. The van der Waals surface area contributed by atoms with Gasteiger partial charge in [-0.2, -0.15) is 4.31 Å². The number of carbonyl (C=O) groups is 1. The normalized spacial score (nSPS) is 14.2. The van der Waals surface area contributed by atoms with Crippen LogP contribution >= 0.6 is 11.8 Å². The van der Waals surface area contributed by atoms with Crippen LogP contribution in [-0.4, -0.2) is 59.5 Å². The molecule has 0 atom stereocenters. The van der Waals surface area contributed by atoms with Crippen molar-refractivity contribution in [1.82, 2.24) is 4.31 Å². The molecular weight excluding hydrogens is 559 g/mol. The van der Waals surface area contributed by atoms with Gasteiger partial charge in [0.15, 0.2) is 0 Å². The van der Waals surface area contributed by atoms with Crippen LogP contribution in [0.25, 0.3) is 0 Å². The Morgan fingerprint density at radius 3 is 2.05 bits per heavy atom. The zero-order chi connectivity index (χ0) is 28.0. The third-order valence-corrected chi connectivity index (χ3v) is 10.7. The summed E-state index contributed by atoms with van der Waals surface area (Å²) in [5, 5.41) is 2.68. The highest BCUT2D eigenvalue weighted by atomic mass is 32.2. The molecule has 1 fully saturated rings. The van der Waals surface area contributed by atoms with Crippen molar-refractivity contribution in [3.05, 3.63) is 72.8 Å². The quantitative estimate of drug-likeness (QED) is 0.329. The van der Waals surface area contributed by atoms with E-state index in [0.29, 0.717) is 36.8 Å². The van der Waals surface area contributed by atoms with Crippen LogP contribution in [0.2, 0.25) is 0 Å². The van der Waals surface area contributed by atoms with Gasteiger partial charge in [-0.15, -0.1) is 11.8 Å². The van der Waals surface area contributed by atoms with E-state index in [-0.39, 0.29) is 9.79 Å². The number of carbonyl (C=O) groups excluding carboxylic acids is 1. The maximum absolute atomic E-state index is 13.6. The van der Waals surface area contributed by atoms with Crippen LogP contribution in [0, 0.1) is 0 Å². The van der Waals surface area contributed by atoms with Gasteiger partial charge < -0.3 is 10.1 Å². The standard InChI is InChI=1S/C27H31N3O6S3/c1-3-36-23-10-8-22(9-11-23)30(39(34,35)26-16-12-24(37-2)13-17-26)20-27(31)28-21-6-14-25(15-7-21)38(32,33)29-18-4-5-19-29/h6-17H,3-5,18-20H2,1-2H3,(H,28,31). The average Bonchev–Trinajstić information content (AvgIpc) is 3.49. The van der Waals surface area contributed by atoms with Crippen molar-refractivity contribution in [2.75, 3.05) is 42.1 Å². The lowest BCUT2D eigenvalue weighted by molar-refractivity contribution is -0.114. The second-order valence-electron chi connectivity index (χ2n) is 8.80. The number of nitrogens with one attached hydrogen (secondary N) is 1. The van der Waals surface area contributed by atoms with Crippen LogP contribution in [0.4, 0.5) is 11.4 Å². The van der Waals surface area contributed by atoms with E-state index >= 15 is 0 Å². The zero-order valence-corrected chi connectivity index (χ0v) is 24.2. The highest BCUT2D eigenvalue weighted by Crippen LogP contribution is 2.28. The predicted molar refractivity (Wildman–Crippen MR) is 153 cm³/mol. The molecule has 1 N–H and O–H groups in total. The first-order chi connectivity index (χ1) is 18.6. The summed E-state index contributed by atoms with van der Waals surface area (Å²) in [6.45, 7) is 2.81. The Morgan fingerprint density at radius 1 is 0.897 bits per heavy atom. The number of hydrogen-bond acceptors (Lipinski definition) is 7. The van der Waals surface area contributed by atoms with Gasteiger partial charge in [-0.1, -0.05) is 0 Å². The first-order valence-corrected chi connectivity index (χ1v) is 16.6. The van der Waals surface area contributed by atoms with Crippen molar-refractivity contribution in [1.29, 1.82) is 0 Å². The molecule has 0 unspecified atom stereocenters. The summed E-state index contributed by atoms with van der Waals surface area (Å²) < 4.78 is 60.8. The van der Waals surface area contributed by atoms with Gasteiger partial charge in [0.25, 0.3) is 10.0 Å². The molecule has 208 valence electrons. The molecule has 9 nitrogen and oxygen atoms in total. The largest absolute Gasteiger partial charge is 0.494 e. The summed E-state index contributed by atoms with van der Waals surface area (Å²) in [6.07, 6.45) is 3.57. The monoisotopic (exact) mass is 589 g/mol. The molecule has 0 bridgehead atoms. The summed E-state index contributed by atoms with van der Waals surface area (Å²) in [4.78, 5) is 14.2. The summed E-state index contributed by atoms with van der Waals surface area (Å²) in [7, 11) is -7.67. The van der Waals surface area contributed by atoms with E-state index in [2.05, 4.69) is 5.32 Å². The minimum absolute atomic E-state index is 0.0541. The van der Waals surface area contributed by atoms with Gasteiger partial charge in [0.2, 0.25) is 15.9 Å². The van der Waals surface area contributed by atoms with Crippen LogP contribution in [-0.2, 0) is 24.8 Å². The van der Waals surface area contributed by atoms with Gasteiger partial charge in [0.1, 0.15) is 12.3 Å². The van der Waals surface area contributed by atoms with Crippen LogP contribution in [0.1, 0.15) is 19.8 Å². The van der Waals surface area contributed by atoms with Crippen molar-refractivity contribution < 1.29 is 26.4 Å². The SMILES string of the molecule is CCOc1ccc(N(CC(=O)Nc2ccc(S(=O)(=O)N3CCCC3)cc2)S(=O)(=O)c2ccc(SC)cc2)cc1. The number of benzene rings is 3. The maximum atomic E-state index is 13.6. The van der Waals surface area contributed by atoms with Gasteiger partial charge in [-0.25, -0.2) is 16.8 Å². The number of nitrogens with zero attached hydrogens (tertiary/aromatic N) is 2. The first kappa shape index (κ1) is 28.9. The van der Waals surface area contributed by atoms with Crippen LogP contribution < -0.4 is 14.4 Å². The summed E-state index contributed by atoms with van der Waals surface area (Å²) >= 11 is 1.49. The Morgan fingerprint density at radius 2 is 1.49 bits per heavy atom. The topological polar surface area (TPSA) is 113 Å². The molecule has 12 heteroatoms. The fourth-order valence-electron chi connectivity index (χ4n) is 4.18. The van der Waals surface area contributed by atoms with Crippen molar-refractivity contribution in [2.45, 2.75) is 34.5 Å². The van der Waals surface area contributed by atoms with E-state index in [4.69, 9.17) is 4.74 Å². The summed E-state index contributed by atoms with van der Waals surface area (Å²) in [5.74, 6) is -0.000288. The van der Waals surface area contributed by atoms with E-state index in [9.17, 15) is 21.6 Å². The fourth-order valence-corrected chi connectivity index (χ4v) is 7.53. The molecule has 0 spiro atoms. The van der Waals surface area contributed by atoms with Gasteiger partial charge in [0.05, 0.1) is 22.1 Å². The molecule has 0 aromatic heterocycles. The van der Waals surface area contributed by atoms with Gasteiger partial charge in [-0.3, -0.25) is 9.10 Å². The highest BCUT2D eigenvalue weighted by molar-refractivity contribution is 7.98. The Labute approximate surface area is 234 Å². The van der Waals surface area contributed by atoms with E-state index < -0.39 is 32.5 Å². The molecule has 3 aromatic carbocycles. The van der Waals surface area contributed by atoms with E-state index in [1.807, 2.05) is 13.2 Å². The lowest BCUT2D eigenvalue weighted by Crippen LogP contribution is -2.38. The number of thioether (sulfide) groups is 1. The van der Waals surface area contributed by atoms with Crippen molar-refractivity contribution >= 4 is 49.1 Å². The number of hydrogen-bond donors (Lipinski definition) is 1. The molecule has 3 aromatic rings. The fraction of sp³-hybridized carbons (Fsp3) is 0.296. The van der Waals surface area contributed by atoms with Crippen molar-refractivity contribution in [3.63, 3.8) is 0 Å². The smallest absolute Gasteiger partial charge is 0.264 e. The van der Waals surface area contributed by atoms with Gasteiger partial charge in [0, 0.05) is 23.7 Å². The molecule has 0 radical (unpaired) electrons. The predicted octanol–water partition coefficient (Wildman–Crippen LogP) is 4.43. The van der Waals surface area contributed by atoms with Crippen molar-refractivity contribution in [2.24, 2.45) is 0 Å². The molecule has 39 heavy (non-hydrogen) atoms. The van der Waals surface area contributed by atoms with Gasteiger partial charge in [-0.05, 0) is 98.8 Å². The number of rotatable bonds is 11. The van der Waals surface area contributed by atoms with E-state index in [1.54, 1.807) is 36.4 Å². The lowest BCUT2D eigenvalue weighted by atomic mass is 10.3. The molecule has 1 amide bonds. The molecule has 4 rings (SSSR count). The minimum atomic E-state index is -4.09. The minimum Gasteiger partial charge on any atom is -0.494 e. The third kappa shape index (κ3) is 6.75. The second-order valence-corrected chi connectivity index (χ2v) is 13.5. The lowest BCUT2D eigenvalue weighted by Gasteiger charge is -2.24. The molecule has 1 heterocycles. The maximum Gasteiger partial charge on any atom is 0.264 e. The Hall–Kier alpha value is -3.06.